The third kappa shape index (κ3) is 4.95. The first kappa shape index (κ1) is 29.2. The lowest BCUT2D eigenvalue weighted by atomic mass is 9.73. The molecule has 13 heteroatoms. The molecule has 1 spiro atoms. The fraction of sp³-hybridized carbons (Fsp3) is 0.516. The number of hydrogen-bond acceptors (Lipinski definition) is 11. The summed E-state index contributed by atoms with van der Waals surface area (Å²) in [6, 6.07) is 5.67. The Labute approximate surface area is 261 Å². The third-order valence-corrected chi connectivity index (χ3v) is 10.5. The van der Waals surface area contributed by atoms with E-state index < -0.39 is 5.60 Å². The van der Waals surface area contributed by atoms with Gasteiger partial charge in [-0.3, -0.25) is 9.88 Å². The summed E-state index contributed by atoms with van der Waals surface area (Å²) in [6.45, 7) is 6.66. The number of nitrogens with zero attached hydrogens (tertiary/aromatic N) is 7. The SMILES string of the molecule is COC(C)(C)CN1CC2COc3c(Sc4cnc(N5CCC6(CC5)Cc5ncccc5[C@H]6N)c(CO)n4)ccnc3N2C1=O. The van der Waals surface area contributed by atoms with Crippen molar-refractivity contribution in [1.82, 2.24) is 24.8 Å². The van der Waals surface area contributed by atoms with E-state index in [4.69, 9.17) is 25.2 Å². The average molecular weight is 619 g/mol. The molecule has 3 N–H and O–H groups in total. The molecule has 7 rings (SSSR count). The molecule has 0 bridgehead atoms. The zero-order valence-corrected chi connectivity index (χ0v) is 26.1. The number of urea groups is 1. The van der Waals surface area contributed by atoms with Gasteiger partial charge in [0.05, 0.1) is 35.9 Å². The molecule has 2 atom stereocenters. The van der Waals surface area contributed by atoms with Gasteiger partial charge in [0.25, 0.3) is 0 Å². The summed E-state index contributed by atoms with van der Waals surface area (Å²) < 4.78 is 11.7. The van der Waals surface area contributed by atoms with E-state index in [1.54, 1.807) is 29.3 Å². The summed E-state index contributed by atoms with van der Waals surface area (Å²) in [6.07, 6.45) is 8.00. The van der Waals surface area contributed by atoms with Gasteiger partial charge in [0.2, 0.25) is 0 Å². The molecule has 0 aromatic carbocycles. The van der Waals surface area contributed by atoms with Crippen LogP contribution >= 0.6 is 11.8 Å². The monoisotopic (exact) mass is 618 g/mol. The van der Waals surface area contributed by atoms with Crippen molar-refractivity contribution in [2.75, 3.05) is 49.7 Å². The van der Waals surface area contributed by atoms with Crippen molar-refractivity contribution < 1.29 is 19.4 Å². The number of amides is 2. The number of rotatable bonds is 7. The van der Waals surface area contributed by atoms with Crippen LogP contribution in [0, 0.1) is 5.41 Å². The number of methoxy groups -OCH3 is 1. The van der Waals surface area contributed by atoms with Crippen LogP contribution in [0.4, 0.5) is 16.4 Å². The number of pyridine rings is 2. The Hall–Kier alpha value is -3.52. The van der Waals surface area contributed by atoms with Crippen LogP contribution in [0.1, 0.15) is 49.7 Å². The minimum absolute atomic E-state index is 0.00295. The first-order chi connectivity index (χ1) is 21.2. The highest BCUT2D eigenvalue weighted by molar-refractivity contribution is 7.99. The Kier molecular flexibility index (Phi) is 7.39. The largest absolute Gasteiger partial charge is 0.486 e. The number of carbonyl (C=O) groups is 1. The van der Waals surface area contributed by atoms with Gasteiger partial charge in [-0.2, -0.15) is 0 Å². The van der Waals surface area contributed by atoms with Crippen LogP contribution in [0.15, 0.2) is 46.7 Å². The lowest BCUT2D eigenvalue weighted by molar-refractivity contribution is 0.00370. The Morgan fingerprint density at radius 3 is 2.75 bits per heavy atom. The Morgan fingerprint density at radius 2 is 2.00 bits per heavy atom. The van der Waals surface area contributed by atoms with Gasteiger partial charge in [-0.15, -0.1) is 0 Å². The van der Waals surface area contributed by atoms with Crippen molar-refractivity contribution in [3.63, 3.8) is 0 Å². The van der Waals surface area contributed by atoms with Crippen LogP contribution in [0.2, 0.25) is 0 Å². The highest BCUT2D eigenvalue weighted by atomic mass is 32.2. The number of nitrogens with two attached hydrogens (primary N) is 1. The number of aliphatic hydroxyl groups excluding tert-OH is 1. The molecule has 44 heavy (non-hydrogen) atoms. The van der Waals surface area contributed by atoms with Crippen molar-refractivity contribution in [3.8, 4) is 5.75 Å². The lowest BCUT2D eigenvalue weighted by Crippen LogP contribution is -2.45. The molecule has 1 unspecified atom stereocenters. The molecular weight excluding hydrogens is 580 g/mol. The molecular formula is C31H38N8O4S. The predicted molar refractivity (Wildman–Crippen MR) is 165 cm³/mol. The molecule has 3 aromatic heterocycles. The zero-order chi connectivity index (χ0) is 30.6. The lowest BCUT2D eigenvalue weighted by Gasteiger charge is -2.42. The van der Waals surface area contributed by atoms with Gasteiger partial charge in [-0.05, 0) is 56.2 Å². The van der Waals surface area contributed by atoms with Crippen LogP contribution < -0.4 is 20.3 Å². The predicted octanol–water partition coefficient (Wildman–Crippen LogP) is 3.18. The van der Waals surface area contributed by atoms with Gasteiger partial charge in [0.15, 0.2) is 17.4 Å². The van der Waals surface area contributed by atoms with Crippen LogP contribution in [-0.2, 0) is 17.8 Å². The van der Waals surface area contributed by atoms with Crippen molar-refractivity contribution >= 4 is 29.4 Å². The van der Waals surface area contributed by atoms with Crippen LogP contribution in [0.25, 0.3) is 0 Å². The number of aliphatic hydroxyl groups is 1. The summed E-state index contributed by atoms with van der Waals surface area (Å²) in [5, 5.41) is 10.9. The fourth-order valence-corrected chi connectivity index (χ4v) is 7.86. The van der Waals surface area contributed by atoms with Crippen LogP contribution in [-0.4, -0.2) is 87.5 Å². The minimum atomic E-state index is -0.462. The molecule has 6 heterocycles. The first-order valence-corrected chi connectivity index (χ1v) is 15.9. The van der Waals surface area contributed by atoms with Gasteiger partial charge in [0.1, 0.15) is 17.3 Å². The van der Waals surface area contributed by atoms with E-state index in [1.807, 2.05) is 32.2 Å². The normalized spacial score (nSPS) is 22.2. The number of fused-ring (bicyclic) bond motifs is 4. The number of anilines is 2. The van der Waals surface area contributed by atoms with E-state index in [9.17, 15) is 9.90 Å². The number of carbonyl (C=O) groups excluding carboxylic acids is 1. The zero-order valence-electron chi connectivity index (χ0n) is 25.3. The van der Waals surface area contributed by atoms with E-state index in [2.05, 4.69) is 20.9 Å². The molecule has 3 aromatic rings. The number of aromatic nitrogens is 4. The molecule has 0 saturated carbocycles. The Morgan fingerprint density at radius 1 is 1.18 bits per heavy atom. The standard InChI is InChI=1S/C31H38N8O4S/c1-30(2,42-3)18-38-15-19-17-43-25-23(6-10-34-28(25)39(19)29(38)41)44-24-14-35-27(22(16-40)36-24)37-11-7-31(8-12-37)13-21-20(26(31)32)5-4-9-33-21/h4-6,9-10,14,19,26,40H,7-8,11-13,15-18,32H2,1-3H3/t19?,26-/m1/s1. The van der Waals surface area contributed by atoms with Gasteiger partial charge < -0.3 is 30.1 Å². The van der Waals surface area contributed by atoms with E-state index in [-0.39, 0.29) is 30.1 Å². The average Bonchev–Trinajstić information content (AvgIpc) is 3.50. The van der Waals surface area contributed by atoms with Crippen molar-refractivity contribution in [2.24, 2.45) is 11.1 Å². The molecule has 2 fully saturated rings. The molecule has 2 amide bonds. The summed E-state index contributed by atoms with van der Waals surface area (Å²) in [5.74, 6) is 1.76. The topological polar surface area (TPSA) is 143 Å². The maximum Gasteiger partial charge on any atom is 0.326 e. The summed E-state index contributed by atoms with van der Waals surface area (Å²) in [4.78, 5) is 38.6. The summed E-state index contributed by atoms with van der Waals surface area (Å²) in [7, 11) is 1.65. The number of hydrogen-bond donors (Lipinski definition) is 2. The summed E-state index contributed by atoms with van der Waals surface area (Å²) in [5.41, 5.74) is 9.09. The van der Waals surface area contributed by atoms with E-state index in [1.165, 1.54) is 11.8 Å². The van der Waals surface area contributed by atoms with Gasteiger partial charge in [-0.1, -0.05) is 17.8 Å². The van der Waals surface area contributed by atoms with Gasteiger partial charge in [-0.25, -0.2) is 19.7 Å². The third-order valence-electron chi connectivity index (χ3n) is 9.56. The van der Waals surface area contributed by atoms with Crippen molar-refractivity contribution in [3.05, 3.63) is 53.7 Å². The molecule has 232 valence electrons. The second-order valence-corrected chi connectivity index (χ2v) is 13.8. The summed E-state index contributed by atoms with van der Waals surface area (Å²) >= 11 is 1.38. The Bertz CT molecular complexity index is 1580. The smallest absolute Gasteiger partial charge is 0.326 e. The minimum Gasteiger partial charge on any atom is -0.486 e. The van der Waals surface area contributed by atoms with Crippen LogP contribution in [0.3, 0.4) is 0 Å². The molecule has 4 aliphatic rings. The van der Waals surface area contributed by atoms with E-state index in [0.717, 1.165) is 48.5 Å². The van der Waals surface area contributed by atoms with Gasteiger partial charge >= 0.3 is 6.03 Å². The van der Waals surface area contributed by atoms with Crippen molar-refractivity contribution in [1.29, 1.82) is 0 Å². The molecule has 1 aliphatic carbocycles. The maximum atomic E-state index is 13.4. The second kappa shape index (κ2) is 11.1. The number of ether oxygens (including phenoxy) is 2. The quantitative estimate of drug-likeness (QED) is 0.403. The van der Waals surface area contributed by atoms with Crippen LogP contribution in [0.5, 0.6) is 5.75 Å². The highest BCUT2D eigenvalue weighted by Gasteiger charge is 2.47. The van der Waals surface area contributed by atoms with Gasteiger partial charge in [0, 0.05) is 50.9 Å². The molecule has 12 nitrogen and oxygen atoms in total. The first-order valence-electron chi connectivity index (χ1n) is 15.1. The molecule has 0 radical (unpaired) electrons. The molecule has 2 saturated heterocycles. The van der Waals surface area contributed by atoms with E-state index >= 15 is 0 Å². The highest BCUT2D eigenvalue weighted by Crippen LogP contribution is 2.50. The van der Waals surface area contributed by atoms with Crippen molar-refractivity contribution in [2.45, 2.75) is 67.3 Å². The maximum absolute atomic E-state index is 13.4. The molecule has 3 aliphatic heterocycles. The Balaban J connectivity index is 1.07. The van der Waals surface area contributed by atoms with E-state index in [0.29, 0.717) is 47.8 Å². The second-order valence-electron chi connectivity index (χ2n) is 12.7. The fourth-order valence-electron chi connectivity index (χ4n) is 7.00. The number of piperidine rings is 1.